The van der Waals surface area contributed by atoms with Gasteiger partial charge in [-0.25, -0.2) is 9.67 Å². The molecule has 0 aliphatic carbocycles. The van der Waals surface area contributed by atoms with Crippen LogP contribution in [0.2, 0.25) is 5.15 Å². The van der Waals surface area contributed by atoms with Crippen LogP contribution in [0.3, 0.4) is 0 Å². The molecule has 24 heavy (non-hydrogen) atoms. The molecule has 0 saturated carbocycles. The van der Waals surface area contributed by atoms with Crippen LogP contribution in [0.1, 0.15) is 22.6 Å². The molecule has 3 aromatic rings. The zero-order valence-electron chi connectivity index (χ0n) is 13.9. The van der Waals surface area contributed by atoms with E-state index < -0.39 is 0 Å². The summed E-state index contributed by atoms with van der Waals surface area (Å²) in [4.78, 5) is 6.90. The number of halogens is 1. The van der Waals surface area contributed by atoms with Crippen LogP contribution in [0.4, 0.5) is 0 Å². The van der Waals surface area contributed by atoms with E-state index in [9.17, 15) is 0 Å². The third kappa shape index (κ3) is 2.64. The average molecular weight is 342 g/mol. The standard InChI is InChI=1S/C18H20ClN5/c1-13-15(18(19)24(21-13)14-6-4-3-5-7-14)10-23-9-8-17-16(11-23)20-12-22(17)2/h3-7,12H,8-11H2,1-2H3. The molecule has 4 rings (SSSR count). The first-order valence-electron chi connectivity index (χ1n) is 8.14. The summed E-state index contributed by atoms with van der Waals surface area (Å²) in [5.41, 5.74) is 5.58. The number of hydrogen-bond donors (Lipinski definition) is 0. The van der Waals surface area contributed by atoms with Crippen molar-refractivity contribution in [2.24, 2.45) is 7.05 Å². The molecule has 124 valence electrons. The molecule has 0 atom stereocenters. The van der Waals surface area contributed by atoms with E-state index in [-0.39, 0.29) is 0 Å². The molecule has 0 spiro atoms. The van der Waals surface area contributed by atoms with E-state index in [4.69, 9.17) is 11.6 Å². The van der Waals surface area contributed by atoms with E-state index in [0.29, 0.717) is 5.15 Å². The second-order valence-electron chi connectivity index (χ2n) is 6.31. The molecule has 1 aliphatic heterocycles. The van der Waals surface area contributed by atoms with Gasteiger partial charge in [-0.2, -0.15) is 5.10 Å². The lowest BCUT2D eigenvalue weighted by Crippen LogP contribution is -2.31. The molecule has 0 fully saturated rings. The molecular formula is C18H20ClN5. The Kier molecular flexibility index (Phi) is 3.90. The summed E-state index contributed by atoms with van der Waals surface area (Å²) < 4.78 is 3.95. The molecule has 2 aromatic heterocycles. The number of aromatic nitrogens is 4. The van der Waals surface area contributed by atoms with Crippen molar-refractivity contribution in [1.29, 1.82) is 0 Å². The van der Waals surface area contributed by atoms with Gasteiger partial charge in [-0.3, -0.25) is 4.90 Å². The zero-order chi connectivity index (χ0) is 16.7. The quantitative estimate of drug-likeness (QED) is 0.734. The molecule has 0 bridgehead atoms. The lowest BCUT2D eigenvalue weighted by molar-refractivity contribution is 0.239. The minimum absolute atomic E-state index is 0.700. The van der Waals surface area contributed by atoms with Gasteiger partial charge in [-0.05, 0) is 19.1 Å². The molecule has 1 aliphatic rings. The average Bonchev–Trinajstić information content (AvgIpc) is 3.10. The first-order chi connectivity index (χ1) is 11.6. The van der Waals surface area contributed by atoms with Crippen LogP contribution in [-0.4, -0.2) is 30.8 Å². The van der Waals surface area contributed by atoms with E-state index in [1.165, 1.54) is 11.4 Å². The zero-order valence-corrected chi connectivity index (χ0v) is 14.7. The lowest BCUT2D eigenvalue weighted by Gasteiger charge is -2.26. The normalized spacial score (nSPS) is 14.8. The number of rotatable bonds is 3. The van der Waals surface area contributed by atoms with Crippen LogP contribution in [0.5, 0.6) is 0 Å². The number of benzene rings is 1. The number of para-hydroxylation sites is 1. The van der Waals surface area contributed by atoms with Crippen molar-refractivity contribution in [2.75, 3.05) is 6.54 Å². The van der Waals surface area contributed by atoms with E-state index in [1.807, 2.05) is 48.3 Å². The molecule has 0 radical (unpaired) electrons. The van der Waals surface area contributed by atoms with Crippen LogP contribution in [0, 0.1) is 6.92 Å². The Bertz CT molecular complexity index is 865. The first kappa shape index (κ1) is 15.4. The van der Waals surface area contributed by atoms with Gasteiger partial charge in [0.05, 0.1) is 23.4 Å². The lowest BCUT2D eigenvalue weighted by atomic mass is 10.1. The molecule has 0 N–H and O–H groups in total. The molecule has 1 aromatic carbocycles. The number of imidazole rings is 1. The van der Waals surface area contributed by atoms with Crippen molar-refractivity contribution in [2.45, 2.75) is 26.4 Å². The minimum atomic E-state index is 0.700. The molecule has 3 heterocycles. The second-order valence-corrected chi connectivity index (χ2v) is 6.67. The van der Waals surface area contributed by atoms with Crippen molar-refractivity contribution in [3.63, 3.8) is 0 Å². The number of hydrogen-bond acceptors (Lipinski definition) is 3. The van der Waals surface area contributed by atoms with Crippen molar-refractivity contribution in [1.82, 2.24) is 24.2 Å². The Balaban J connectivity index is 1.59. The van der Waals surface area contributed by atoms with Crippen LogP contribution < -0.4 is 0 Å². The Morgan fingerprint density at radius 3 is 2.79 bits per heavy atom. The van der Waals surface area contributed by atoms with Crippen molar-refractivity contribution < 1.29 is 0 Å². The van der Waals surface area contributed by atoms with Gasteiger partial charge in [-0.1, -0.05) is 29.8 Å². The Morgan fingerprint density at radius 2 is 2.00 bits per heavy atom. The van der Waals surface area contributed by atoms with Gasteiger partial charge in [0.25, 0.3) is 0 Å². The molecule has 0 unspecified atom stereocenters. The number of nitrogens with zero attached hydrogens (tertiary/aromatic N) is 5. The van der Waals surface area contributed by atoms with Gasteiger partial charge in [0.2, 0.25) is 0 Å². The maximum atomic E-state index is 6.64. The molecule has 6 heteroatoms. The van der Waals surface area contributed by atoms with Crippen molar-refractivity contribution in [3.8, 4) is 5.69 Å². The van der Waals surface area contributed by atoms with Crippen LogP contribution in [0.15, 0.2) is 36.7 Å². The highest BCUT2D eigenvalue weighted by Gasteiger charge is 2.23. The Morgan fingerprint density at radius 1 is 1.21 bits per heavy atom. The maximum Gasteiger partial charge on any atom is 0.137 e. The summed E-state index contributed by atoms with van der Waals surface area (Å²) >= 11 is 6.64. The van der Waals surface area contributed by atoms with Gasteiger partial charge in [0.15, 0.2) is 0 Å². The monoisotopic (exact) mass is 341 g/mol. The second kappa shape index (κ2) is 6.07. The van der Waals surface area contributed by atoms with Gasteiger partial charge >= 0.3 is 0 Å². The molecule has 5 nitrogen and oxygen atoms in total. The van der Waals surface area contributed by atoms with Crippen LogP contribution in [0.25, 0.3) is 5.69 Å². The maximum absolute atomic E-state index is 6.64. The fourth-order valence-corrected chi connectivity index (χ4v) is 3.65. The third-order valence-electron chi connectivity index (χ3n) is 4.69. The first-order valence-corrected chi connectivity index (χ1v) is 8.52. The highest BCUT2D eigenvalue weighted by Crippen LogP contribution is 2.27. The SMILES string of the molecule is Cc1nn(-c2ccccc2)c(Cl)c1CN1CCc2c(ncn2C)C1. The van der Waals surface area contributed by atoms with Crippen molar-refractivity contribution in [3.05, 3.63) is 64.5 Å². The predicted molar refractivity (Wildman–Crippen MR) is 94.3 cm³/mol. The fourth-order valence-electron chi connectivity index (χ4n) is 3.32. The van der Waals surface area contributed by atoms with E-state index in [0.717, 1.165) is 43.0 Å². The summed E-state index contributed by atoms with van der Waals surface area (Å²) in [6, 6.07) is 10.0. The number of fused-ring (bicyclic) bond motifs is 1. The van der Waals surface area contributed by atoms with Gasteiger partial charge in [-0.15, -0.1) is 0 Å². The Hall–Kier alpha value is -2.11. The largest absolute Gasteiger partial charge is 0.337 e. The molecular weight excluding hydrogens is 322 g/mol. The van der Waals surface area contributed by atoms with Crippen molar-refractivity contribution >= 4 is 11.6 Å². The Labute approximate surface area is 146 Å². The van der Waals surface area contributed by atoms with Crippen LogP contribution in [-0.2, 0) is 26.6 Å². The summed E-state index contributed by atoms with van der Waals surface area (Å²) in [7, 11) is 2.06. The fraction of sp³-hybridized carbons (Fsp3) is 0.333. The number of aryl methyl sites for hydroxylation is 2. The molecule has 0 amide bonds. The molecule has 0 saturated heterocycles. The van der Waals surface area contributed by atoms with Gasteiger partial charge in [0.1, 0.15) is 5.15 Å². The highest BCUT2D eigenvalue weighted by atomic mass is 35.5. The highest BCUT2D eigenvalue weighted by molar-refractivity contribution is 6.30. The van der Waals surface area contributed by atoms with E-state index >= 15 is 0 Å². The summed E-state index contributed by atoms with van der Waals surface area (Å²) in [6.45, 7) is 4.70. The van der Waals surface area contributed by atoms with Gasteiger partial charge in [0, 0.05) is 44.4 Å². The summed E-state index contributed by atoms with van der Waals surface area (Å²) in [6.07, 6.45) is 2.93. The van der Waals surface area contributed by atoms with E-state index in [1.54, 1.807) is 0 Å². The summed E-state index contributed by atoms with van der Waals surface area (Å²) in [5.74, 6) is 0. The van der Waals surface area contributed by atoms with Crippen LogP contribution >= 0.6 is 11.6 Å². The van der Waals surface area contributed by atoms with E-state index in [2.05, 4.69) is 26.6 Å². The smallest absolute Gasteiger partial charge is 0.137 e. The predicted octanol–water partition coefficient (Wildman–Crippen LogP) is 3.13. The third-order valence-corrected chi connectivity index (χ3v) is 5.08. The topological polar surface area (TPSA) is 38.9 Å². The van der Waals surface area contributed by atoms with Gasteiger partial charge < -0.3 is 4.57 Å². The summed E-state index contributed by atoms with van der Waals surface area (Å²) in [5, 5.41) is 5.33. The minimum Gasteiger partial charge on any atom is -0.337 e.